The molecule has 2 nitrogen and oxygen atoms in total. The molecule has 2 N–H and O–H groups in total. The Balaban J connectivity index is 0.000000921. The molecule has 21 heavy (non-hydrogen) atoms. The van der Waals surface area contributed by atoms with Crippen molar-refractivity contribution in [2.24, 2.45) is 5.73 Å². The minimum atomic E-state index is 0.506. The maximum Gasteiger partial charge on any atom is 0.129 e. The first-order valence-corrected chi connectivity index (χ1v) is 7.79. The Morgan fingerprint density at radius 2 is 1.62 bits per heavy atom. The van der Waals surface area contributed by atoms with E-state index in [2.05, 4.69) is 0 Å². The number of aryl methyl sites for hydroxylation is 1. The molecule has 0 unspecified atom stereocenters. The van der Waals surface area contributed by atoms with Crippen LogP contribution in [0.25, 0.3) is 0 Å². The number of rotatable bonds is 3. The van der Waals surface area contributed by atoms with Crippen molar-refractivity contribution in [3.05, 3.63) is 58.6 Å². The van der Waals surface area contributed by atoms with Crippen molar-refractivity contribution in [2.45, 2.75) is 41.2 Å². The Kier molecular flexibility index (Phi) is 10.4. The average molecular weight is 308 g/mol. The third-order valence-corrected chi connectivity index (χ3v) is 2.60. The van der Waals surface area contributed by atoms with Gasteiger partial charge in [-0.25, -0.2) is 0 Å². The topological polar surface area (TPSA) is 35.2 Å². The molecule has 0 spiro atoms. The van der Waals surface area contributed by atoms with E-state index in [1.54, 1.807) is 6.07 Å². The molecule has 0 radical (unpaired) electrons. The molecule has 0 aliphatic rings. The molecule has 0 bridgehead atoms. The van der Waals surface area contributed by atoms with Crippen molar-refractivity contribution in [3.63, 3.8) is 0 Å². The number of halogens is 1. The molecule has 2 aromatic rings. The number of hydrogen-bond donors (Lipinski definition) is 1. The fraction of sp³-hybridized carbons (Fsp3) is 0.333. The summed E-state index contributed by atoms with van der Waals surface area (Å²) in [6.45, 7) is 10.5. The monoisotopic (exact) mass is 307 g/mol. The normalized spacial score (nSPS) is 8.90. The molecule has 0 saturated heterocycles. The number of hydrogen-bond acceptors (Lipinski definition) is 2. The van der Waals surface area contributed by atoms with Gasteiger partial charge in [-0.1, -0.05) is 51.4 Å². The second-order valence-corrected chi connectivity index (χ2v) is 4.35. The van der Waals surface area contributed by atoms with Crippen LogP contribution in [0, 0.1) is 6.92 Å². The molecular weight excluding hydrogens is 282 g/mol. The molecule has 116 valence electrons. The van der Waals surface area contributed by atoms with Gasteiger partial charge in [0.1, 0.15) is 11.5 Å². The number of ether oxygens (including phenoxy) is 1. The van der Waals surface area contributed by atoms with Gasteiger partial charge in [-0.15, -0.1) is 0 Å². The SMILES string of the molecule is CC.CC.Cc1cc(Cl)cc(Oc2cccc(CN)c2)c1. The van der Waals surface area contributed by atoms with Crippen LogP contribution in [-0.2, 0) is 6.54 Å². The molecule has 0 fully saturated rings. The maximum absolute atomic E-state index is 5.97. The summed E-state index contributed by atoms with van der Waals surface area (Å²) >= 11 is 5.97. The van der Waals surface area contributed by atoms with Gasteiger partial charge in [-0.05, 0) is 48.4 Å². The van der Waals surface area contributed by atoms with Crippen LogP contribution in [0.15, 0.2) is 42.5 Å². The van der Waals surface area contributed by atoms with Gasteiger partial charge in [0.25, 0.3) is 0 Å². The predicted molar refractivity (Wildman–Crippen MR) is 93.3 cm³/mol. The van der Waals surface area contributed by atoms with E-state index < -0.39 is 0 Å². The molecule has 0 saturated carbocycles. The number of nitrogens with two attached hydrogens (primary N) is 1. The second kappa shape index (κ2) is 11.2. The molecule has 0 aliphatic heterocycles. The first-order chi connectivity index (χ1) is 10.2. The first-order valence-electron chi connectivity index (χ1n) is 7.41. The lowest BCUT2D eigenvalue weighted by Crippen LogP contribution is -1.96. The van der Waals surface area contributed by atoms with Crippen molar-refractivity contribution in [2.75, 3.05) is 0 Å². The highest BCUT2D eigenvalue weighted by atomic mass is 35.5. The Labute approximate surface area is 133 Å². The Morgan fingerprint density at radius 3 is 2.19 bits per heavy atom. The van der Waals surface area contributed by atoms with E-state index in [0.717, 1.165) is 22.6 Å². The number of benzene rings is 2. The molecule has 0 amide bonds. The van der Waals surface area contributed by atoms with Gasteiger partial charge in [0.15, 0.2) is 0 Å². The van der Waals surface area contributed by atoms with E-state index >= 15 is 0 Å². The summed E-state index contributed by atoms with van der Waals surface area (Å²) in [4.78, 5) is 0. The fourth-order valence-electron chi connectivity index (χ4n) is 1.63. The van der Waals surface area contributed by atoms with Crippen LogP contribution in [0.2, 0.25) is 5.02 Å². The lowest BCUT2D eigenvalue weighted by molar-refractivity contribution is 0.481. The molecular formula is C18H26ClNO. The van der Waals surface area contributed by atoms with Crippen molar-refractivity contribution in [1.82, 2.24) is 0 Å². The van der Waals surface area contributed by atoms with Gasteiger partial charge in [0.05, 0.1) is 0 Å². The third kappa shape index (κ3) is 7.16. The molecule has 3 heteroatoms. The Morgan fingerprint density at radius 1 is 0.952 bits per heavy atom. The first kappa shape index (κ1) is 19.5. The lowest BCUT2D eigenvalue weighted by atomic mass is 10.2. The van der Waals surface area contributed by atoms with Crippen LogP contribution < -0.4 is 10.5 Å². The Hall–Kier alpha value is -1.51. The van der Waals surface area contributed by atoms with Gasteiger partial charge < -0.3 is 10.5 Å². The Bertz CT molecular complexity index is 506. The zero-order chi connectivity index (χ0) is 16.3. The fourth-order valence-corrected chi connectivity index (χ4v) is 1.91. The van der Waals surface area contributed by atoms with Crippen LogP contribution >= 0.6 is 11.6 Å². The summed E-state index contributed by atoms with van der Waals surface area (Å²) in [6.07, 6.45) is 0. The van der Waals surface area contributed by atoms with Gasteiger partial charge >= 0.3 is 0 Å². The van der Waals surface area contributed by atoms with Gasteiger partial charge in [-0.2, -0.15) is 0 Å². The van der Waals surface area contributed by atoms with Crippen LogP contribution in [0.5, 0.6) is 11.5 Å². The van der Waals surface area contributed by atoms with Crippen molar-refractivity contribution in [3.8, 4) is 11.5 Å². The molecule has 0 heterocycles. The van der Waals surface area contributed by atoms with Gasteiger partial charge in [-0.3, -0.25) is 0 Å². The van der Waals surface area contributed by atoms with E-state index in [1.807, 2.05) is 71.0 Å². The summed E-state index contributed by atoms with van der Waals surface area (Å²) in [5.74, 6) is 1.51. The summed E-state index contributed by atoms with van der Waals surface area (Å²) in [5.41, 5.74) is 7.70. The average Bonchev–Trinajstić information content (AvgIpc) is 2.50. The zero-order valence-electron chi connectivity index (χ0n) is 13.6. The standard InChI is InChI=1S/C14H14ClNO.2C2H6/c1-10-5-12(15)8-14(6-10)17-13-4-2-3-11(7-13)9-16;2*1-2/h2-8H,9,16H2,1H3;2*1-2H3. The van der Waals surface area contributed by atoms with Crippen LogP contribution in [0.4, 0.5) is 0 Å². The largest absolute Gasteiger partial charge is 0.457 e. The zero-order valence-corrected chi connectivity index (χ0v) is 14.4. The maximum atomic E-state index is 5.97. The highest BCUT2D eigenvalue weighted by Gasteiger charge is 2.01. The van der Waals surface area contributed by atoms with Crippen LogP contribution in [0.1, 0.15) is 38.8 Å². The summed E-state index contributed by atoms with van der Waals surface area (Å²) in [7, 11) is 0. The van der Waals surface area contributed by atoms with Gasteiger partial charge in [0.2, 0.25) is 0 Å². The second-order valence-electron chi connectivity index (χ2n) is 3.92. The molecule has 2 aromatic carbocycles. The minimum absolute atomic E-state index is 0.506. The smallest absolute Gasteiger partial charge is 0.129 e. The van der Waals surface area contributed by atoms with E-state index in [9.17, 15) is 0 Å². The summed E-state index contributed by atoms with van der Waals surface area (Å²) < 4.78 is 5.74. The van der Waals surface area contributed by atoms with Crippen molar-refractivity contribution < 1.29 is 4.74 Å². The van der Waals surface area contributed by atoms with Crippen LogP contribution in [0.3, 0.4) is 0 Å². The quantitative estimate of drug-likeness (QED) is 0.760. The highest BCUT2D eigenvalue weighted by Crippen LogP contribution is 2.26. The highest BCUT2D eigenvalue weighted by molar-refractivity contribution is 6.30. The van der Waals surface area contributed by atoms with Gasteiger partial charge in [0, 0.05) is 11.6 Å². The van der Waals surface area contributed by atoms with E-state index in [4.69, 9.17) is 22.1 Å². The molecule has 0 atom stereocenters. The minimum Gasteiger partial charge on any atom is -0.457 e. The van der Waals surface area contributed by atoms with E-state index in [0.29, 0.717) is 11.6 Å². The lowest BCUT2D eigenvalue weighted by Gasteiger charge is -2.08. The molecule has 0 aromatic heterocycles. The molecule has 0 aliphatic carbocycles. The predicted octanol–water partition coefficient (Wildman–Crippen LogP) is 5.95. The van der Waals surface area contributed by atoms with Crippen LogP contribution in [-0.4, -0.2) is 0 Å². The summed E-state index contributed by atoms with van der Waals surface area (Å²) in [5, 5.41) is 0.676. The summed E-state index contributed by atoms with van der Waals surface area (Å²) in [6, 6.07) is 13.4. The van der Waals surface area contributed by atoms with E-state index in [1.165, 1.54) is 0 Å². The van der Waals surface area contributed by atoms with E-state index in [-0.39, 0.29) is 0 Å². The van der Waals surface area contributed by atoms with Crippen molar-refractivity contribution in [1.29, 1.82) is 0 Å². The molecule has 2 rings (SSSR count). The van der Waals surface area contributed by atoms with Crippen molar-refractivity contribution >= 4 is 11.6 Å². The third-order valence-electron chi connectivity index (χ3n) is 2.39.